The van der Waals surface area contributed by atoms with Gasteiger partial charge in [0.25, 0.3) is 5.91 Å². The van der Waals surface area contributed by atoms with Crippen LogP contribution in [0.4, 0.5) is 0 Å². The Hall–Kier alpha value is -1.38. The van der Waals surface area contributed by atoms with Crippen molar-refractivity contribution < 1.29 is 9.53 Å². The number of likely N-dealkylation sites (tertiary alicyclic amines) is 1. The third-order valence-electron chi connectivity index (χ3n) is 4.32. The molecule has 0 saturated carbocycles. The van der Waals surface area contributed by atoms with Crippen LogP contribution in [0, 0.1) is 11.3 Å². The summed E-state index contributed by atoms with van der Waals surface area (Å²) >= 11 is 0. The molecule has 21 heavy (non-hydrogen) atoms. The van der Waals surface area contributed by atoms with E-state index in [1.165, 1.54) is 6.42 Å². The quantitative estimate of drug-likeness (QED) is 0.585. The lowest BCUT2D eigenvalue weighted by Gasteiger charge is -2.39. The van der Waals surface area contributed by atoms with Gasteiger partial charge in [-0.15, -0.1) is 0 Å². The highest BCUT2D eigenvalue weighted by molar-refractivity contribution is 5.97. The maximum absolute atomic E-state index is 12.5. The minimum absolute atomic E-state index is 0.112. The lowest BCUT2D eigenvalue weighted by atomic mass is 9.97. The van der Waals surface area contributed by atoms with Crippen LogP contribution in [0.1, 0.15) is 33.1 Å². The first-order valence-electron chi connectivity index (χ1n) is 7.79. The predicted molar refractivity (Wildman–Crippen MR) is 80.6 cm³/mol. The molecule has 1 amide bonds. The Kier molecular flexibility index (Phi) is 5.38. The van der Waals surface area contributed by atoms with E-state index in [0.29, 0.717) is 13.2 Å². The van der Waals surface area contributed by atoms with Crippen LogP contribution in [0.15, 0.2) is 11.6 Å². The standard InChI is InChI=1S/C16H25N3O2/c1-16(2,19-8-10-21-11-9-19)12-14(13-17)15(20)18-6-4-3-5-7-18/h12H,3-11H2,1-2H3/b14-12+. The lowest BCUT2D eigenvalue weighted by molar-refractivity contribution is -0.127. The van der Waals surface area contributed by atoms with E-state index in [1.807, 2.05) is 11.0 Å². The number of carbonyl (C=O) groups is 1. The fourth-order valence-electron chi connectivity index (χ4n) is 2.99. The van der Waals surface area contributed by atoms with E-state index in [1.54, 1.807) is 0 Å². The molecule has 5 nitrogen and oxygen atoms in total. The molecule has 0 aromatic heterocycles. The molecule has 0 unspecified atom stereocenters. The van der Waals surface area contributed by atoms with Gasteiger partial charge in [0.15, 0.2) is 0 Å². The zero-order chi connectivity index (χ0) is 15.3. The van der Waals surface area contributed by atoms with Crippen molar-refractivity contribution in [1.29, 1.82) is 5.26 Å². The van der Waals surface area contributed by atoms with E-state index in [9.17, 15) is 10.1 Å². The van der Waals surface area contributed by atoms with E-state index >= 15 is 0 Å². The maximum Gasteiger partial charge on any atom is 0.264 e. The van der Waals surface area contributed by atoms with Crippen LogP contribution in [0.3, 0.4) is 0 Å². The first-order valence-corrected chi connectivity index (χ1v) is 7.79. The van der Waals surface area contributed by atoms with Crippen molar-refractivity contribution in [1.82, 2.24) is 9.80 Å². The first-order chi connectivity index (χ1) is 10.0. The fraction of sp³-hybridized carbons (Fsp3) is 0.750. The van der Waals surface area contributed by atoms with Crippen molar-refractivity contribution in [2.45, 2.75) is 38.6 Å². The average molecular weight is 291 g/mol. The molecule has 0 aliphatic carbocycles. The summed E-state index contributed by atoms with van der Waals surface area (Å²) in [6, 6.07) is 2.11. The summed E-state index contributed by atoms with van der Waals surface area (Å²) in [5.74, 6) is -0.112. The number of amides is 1. The third kappa shape index (κ3) is 4.05. The van der Waals surface area contributed by atoms with Gasteiger partial charge in [-0.3, -0.25) is 9.69 Å². The molecule has 0 atom stereocenters. The van der Waals surface area contributed by atoms with Crippen LogP contribution < -0.4 is 0 Å². The van der Waals surface area contributed by atoms with Crippen molar-refractivity contribution in [2.24, 2.45) is 0 Å². The van der Waals surface area contributed by atoms with Crippen LogP contribution in [0.2, 0.25) is 0 Å². The summed E-state index contributed by atoms with van der Waals surface area (Å²) < 4.78 is 5.37. The molecule has 2 saturated heterocycles. The molecule has 0 bridgehead atoms. The van der Waals surface area contributed by atoms with Crippen LogP contribution in [0.5, 0.6) is 0 Å². The normalized spacial score (nSPS) is 22.0. The molecule has 2 heterocycles. The molecule has 2 aliphatic rings. The van der Waals surface area contributed by atoms with Gasteiger partial charge in [-0.25, -0.2) is 0 Å². The molecular formula is C16H25N3O2. The molecule has 0 spiro atoms. The molecule has 116 valence electrons. The number of rotatable bonds is 3. The summed E-state index contributed by atoms with van der Waals surface area (Å²) in [4.78, 5) is 16.6. The van der Waals surface area contributed by atoms with E-state index in [2.05, 4.69) is 24.8 Å². The number of morpholine rings is 1. The van der Waals surface area contributed by atoms with E-state index in [-0.39, 0.29) is 17.0 Å². The Bertz CT molecular complexity index is 439. The first kappa shape index (κ1) is 16.0. The Morgan fingerprint density at radius 1 is 1.14 bits per heavy atom. The number of piperidine rings is 1. The number of nitriles is 1. The smallest absolute Gasteiger partial charge is 0.264 e. The minimum atomic E-state index is -0.305. The van der Waals surface area contributed by atoms with Gasteiger partial charge in [-0.1, -0.05) is 0 Å². The Labute approximate surface area is 127 Å². The van der Waals surface area contributed by atoms with Crippen molar-refractivity contribution in [3.05, 3.63) is 11.6 Å². The lowest BCUT2D eigenvalue weighted by Crippen LogP contribution is -2.49. The second-order valence-electron chi connectivity index (χ2n) is 6.28. The highest BCUT2D eigenvalue weighted by atomic mass is 16.5. The zero-order valence-electron chi connectivity index (χ0n) is 13.1. The Morgan fingerprint density at radius 2 is 1.76 bits per heavy atom. The summed E-state index contributed by atoms with van der Waals surface area (Å²) in [5.41, 5.74) is -0.0336. The van der Waals surface area contributed by atoms with Crippen LogP contribution >= 0.6 is 0 Å². The van der Waals surface area contributed by atoms with Gasteiger partial charge < -0.3 is 9.64 Å². The van der Waals surface area contributed by atoms with Crippen molar-refractivity contribution in [3.8, 4) is 6.07 Å². The molecule has 2 aliphatic heterocycles. The third-order valence-corrected chi connectivity index (χ3v) is 4.32. The number of hydrogen-bond donors (Lipinski definition) is 0. The second-order valence-corrected chi connectivity index (χ2v) is 6.28. The van der Waals surface area contributed by atoms with Crippen molar-refractivity contribution >= 4 is 5.91 Å². The van der Waals surface area contributed by atoms with Crippen LogP contribution in [0.25, 0.3) is 0 Å². The van der Waals surface area contributed by atoms with Crippen LogP contribution in [-0.4, -0.2) is 60.6 Å². The molecule has 0 aromatic rings. The number of nitrogens with zero attached hydrogens (tertiary/aromatic N) is 3. The molecule has 5 heteroatoms. The SMILES string of the molecule is CC(C)(/C=C(\C#N)C(=O)N1CCCCC1)N1CCOCC1. The van der Waals surface area contributed by atoms with Gasteiger partial charge in [-0.2, -0.15) is 5.26 Å². The highest BCUT2D eigenvalue weighted by Gasteiger charge is 2.29. The van der Waals surface area contributed by atoms with Gasteiger partial charge in [0, 0.05) is 31.7 Å². The van der Waals surface area contributed by atoms with E-state index in [4.69, 9.17) is 4.74 Å². The number of carbonyl (C=O) groups excluding carboxylic acids is 1. The minimum Gasteiger partial charge on any atom is -0.379 e. The average Bonchev–Trinajstić information content (AvgIpc) is 2.53. The summed E-state index contributed by atoms with van der Waals surface area (Å²) in [6.07, 6.45) is 5.08. The van der Waals surface area contributed by atoms with E-state index in [0.717, 1.165) is 39.0 Å². The molecule has 2 rings (SSSR count). The number of ether oxygens (including phenoxy) is 1. The summed E-state index contributed by atoms with van der Waals surface area (Å²) in [6.45, 7) is 8.74. The summed E-state index contributed by atoms with van der Waals surface area (Å²) in [7, 11) is 0. The monoisotopic (exact) mass is 291 g/mol. The topological polar surface area (TPSA) is 56.6 Å². The Morgan fingerprint density at radius 3 is 2.33 bits per heavy atom. The molecule has 0 aromatic carbocycles. The molecule has 0 N–H and O–H groups in total. The summed E-state index contributed by atoms with van der Waals surface area (Å²) in [5, 5.41) is 9.38. The van der Waals surface area contributed by atoms with Gasteiger partial charge in [0.05, 0.1) is 13.2 Å². The fourth-order valence-corrected chi connectivity index (χ4v) is 2.99. The number of hydrogen-bond acceptors (Lipinski definition) is 4. The maximum atomic E-state index is 12.5. The van der Waals surface area contributed by atoms with Crippen molar-refractivity contribution in [3.63, 3.8) is 0 Å². The van der Waals surface area contributed by atoms with Crippen molar-refractivity contribution in [2.75, 3.05) is 39.4 Å². The Balaban J connectivity index is 2.10. The predicted octanol–water partition coefficient (Wildman–Crippen LogP) is 1.56. The molecule has 2 fully saturated rings. The largest absolute Gasteiger partial charge is 0.379 e. The second kappa shape index (κ2) is 7.06. The van der Waals surface area contributed by atoms with Gasteiger partial charge >= 0.3 is 0 Å². The van der Waals surface area contributed by atoms with Gasteiger partial charge in [0.1, 0.15) is 11.6 Å². The molecule has 0 radical (unpaired) electrons. The van der Waals surface area contributed by atoms with Gasteiger partial charge in [-0.05, 0) is 39.2 Å². The highest BCUT2D eigenvalue weighted by Crippen LogP contribution is 2.21. The van der Waals surface area contributed by atoms with Gasteiger partial charge in [0.2, 0.25) is 0 Å². The van der Waals surface area contributed by atoms with E-state index < -0.39 is 0 Å². The zero-order valence-corrected chi connectivity index (χ0v) is 13.1. The molecular weight excluding hydrogens is 266 g/mol. The van der Waals surface area contributed by atoms with Crippen LogP contribution in [-0.2, 0) is 9.53 Å².